The largest absolute Gasteiger partial charge is 0.350 e. The Labute approximate surface area is 108 Å². The maximum atomic E-state index is 12.0. The van der Waals surface area contributed by atoms with E-state index in [0.717, 1.165) is 6.42 Å². The maximum absolute atomic E-state index is 12.0. The molecule has 0 radical (unpaired) electrons. The summed E-state index contributed by atoms with van der Waals surface area (Å²) in [4.78, 5) is 23.5. The number of anilines is 1. The third-order valence-electron chi connectivity index (χ3n) is 2.34. The van der Waals surface area contributed by atoms with Gasteiger partial charge in [-0.1, -0.05) is 19.1 Å². The van der Waals surface area contributed by atoms with Gasteiger partial charge >= 0.3 is 0 Å². The lowest BCUT2D eigenvalue weighted by atomic mass is 10.1. The lowest BCUT2D eigenvalue weighted by molar-refractivity contribution is -0.116. The molecule has 0 aliphatic heterocycles. The molecule has 0 aliphatic carbocycles. The van der Waals surface area contributed by atoms with E-state index in [1.165, 1.54) is 0 Å². The fourth-order valence-electron chi connectivity index (χ4n) is 1.57. The lowest BCUT2D eigenvalue weighted by Crippen LogP contribution is -2.31. The molecule has 2 amide bonds. The molecule has 4 nitrogen and oxygen atoms in total. The van der Waals surface area contributed by atoms with Crippen molar-refractivity contribution in [3.63, 3.8) is 0 Å². The number of hydrogen-bond acceptors (Lipinski definition) is 2. The Morgan fingerprint density at radius 3 is 2.50 bits per heavy atom. The van der Waals surface area contributed by atoms with E-state index in [4.69, 9.17) is 0 Å². The average molecular weight is 248 g/mol. The monoisotopic (exact) mass is 248 g/mol. The number of rotatable bonds is 5. The molecule has 0 saturated heterocycles. The fraction of sp³-hybridized carbons (Fsp3) is 0.429. The van der Waals surface area contributed by atoms with Gasteiger partial charge in [0.1, 0.15) is 0 Å². The summed E-state index contributed by atoms with van der Waals surface area (Å²) in [6.07, 6.45) is 1.24. The molecule has 0 fully saturated rings. The summed E-state index contributed by atoms with van der Waals surface area (Å²) in [6.45, 7) is 5.74. The Kier molecular flexibility index (Phi) is 5.36. The van der Waals surface area contributed by atoms with E-state index in [9.17, 15) is 9.59 Å². The van der Waals surface area contributed by atoms with Gasteiger partial charge in [-0.2, -0.15) is 0 Å². The first-order valence-electron chi connectivity index (χ1n) is 6.24. The van der Waals surface area contributed by atoms with Crippen molar-refractivity contribution in [1.29, 1.82) is 0 Å². The minimum Gasteiger partial charge on any atom is -0.350 e. The summed E-state index contributed by atoms with van der Waals surface area (Å²) in [6, 6.07) is 7.09. The summed E-state index contributed by atoms with van der Waals surface area (Å²) in [5.74, 6) is -0.236. The molecule has 0 aliphatic rings. The molecule has 0 aromatic heterocycles. The first-order valence-corrected chi connectivity index (χ1v) is 6.24. The summed E-state index contributed by atoms with van der Waals surface area (Å²) >= 11 is 0. The molecule has 4 heteroatoms. The summed E-state index contributed by atoms with van der Waals surface area (Å²) < 4.78 is 0. The molecule has 0 saturated carbocycles. The predicted octanol–water partition coefficient (Wildman–Crippen LogP) is 2.56. The van der Waals surface area contributed by atoms with E-state index in [1.807, 2.05) is 20.8 Å². The van der Waals surface area contributed by atoms with Gasteiger partial charge in [-0.05, 0) is 32.4 Å². The number of carbonyl (C=O) groups is 2. The van der Waals surface area contributed by atoms with Gasteiger partial charge in [0.25, 0.3) is 5.91 Å². The van der Waals surface area contributed by atoms with Gasteiger partial charge in [-0.3, -0.25) is 9.59 Å². The SMILES string of the molecule is CCCC(=O)Nc1ccccc1C(=O)NC(C)C. The quantitative estimate of drug-likeness (QED) is 0.841. The van der Waals surface area contributed by atoms with Gasteiger partial charge in [0, 0.05) is 12.5 Å². The molecule has 1 aromatic carbocycles. The molecule has 0 unspecified atom stereocenters. The molecule has 0 heterocycles. The van der Waals surface area contributed by atoms with E-state index in [1.54, 1.807) is 24.3 Å². The van der Waals surface area contributed by atoms with Crippen LogP contribution in [0.25, 0.3) is 0 Å². The number of nitrogens with one attached hydrogen (secondary N) is 2. The highest BCUT2D eigenvalue weighted by Gasteiger charge is 2.13. The van der Waals surface area contributed by atoms with E-state index in [0.29, 0.717) is 17.7 Å². The van der Waals surface area contributed by atoms with Crippen LogP contribution < -0.4 is 10.6 Å². The fourth-order valence-corrected chi connectivity index (χ4v) is 1.57. The molecule has 2 N–H and O–H groups in total. The zero-order valence-electron chi connectivity index (χ0n) is 11.1. The number of benzene rings is 1. The molecule has 0 spiro atoms. The topological polar surface area (TPSA) is 58.2 Å². The second kappa shape index (κ2) is 6.79. The first kappa shape index (κ1) is 14.2. The first-order chi connectivity index (χ1) is 8.54. The molecular formula is C14H20N2O2. The van der Waals surface area contributed by atoms with Crippen LogP contribution in [0.2, 0.25) is 0 Å². The highest BCUT2D eigenvalue weighted by atomic mass is 16.2. The van der Waals surface area contributed by atoms with Crippen LogP contribution >= 0.6 is 0 Å². The van der Waals surface area contributed by atoms with Crippen LogP contribution in [0.4, 0.5) is 5.69 Å². The molecule has 0 atom stereocenters. The molecule has 98 valence electrons. The molecule has 0 bridgehead atoms. The second-order valence-corrected chi connectivity index (χ2v) is 4.47. The molecule has 1 rings (SSSR count). The van der Waals surface area contributed by atoms with Crippen molar-refractivity contribution in [2.24, 2.45) is 0 Å². The van der Waals surface area contributed by atoms with E-state index < -0.39 is 0 Å². The van der Waals surface area contributed by atoms with Gasteiger partial charge in [0.05, 0.1) is 11.3 Å². The third-order valence-corrected chi connectivity index (χ3v) is 2.34. The van der Waals surface area contributed by atoms with Gasteiger partial charge in [-0.25, -0.2) is 0 Å². The van der Waals surface area contributed by atoms with Crippen LogP contribution in [-0.2, 0) is 4.79 Å². The van der Waals surface area contributed by atoms with Crippen molar-refractivity contribution in [3.8, 4) is 0 Å². The van der Waals surface area contributed by atoms with Crippen LogP contribution in [-0.4, -0.2) is 17.9 Å². The van der Waals surface area contributed by atoms with E-state index >= 15 is 0 Å². The van der Waals surface area contributed by atoms with E-state index in [-0.39, 0.29) is 17.9 Å². The van der Waals surface area contributed by atoms with Crippen molar-refractivity contribution < 1.29 is 9.59 Å². The molecule has 1 aromatic rings. The van der Waals surface area contributed by atoms with Crippen molar-refractivity contribution in [2.75, 3.05) is 5.32 Å². The Hall–Kier alpha value is -1.84. The Bertz CT molecular complexity index is 428. The Morgan fingerprint density at radius 1 is 1.22 bits per heavy atom. The van der Waals surface area contributed by atoms with Gasteiger partial charge in [-0.15, -0.1) is 0 Å². The number of amides is 2. The van der Waals surface area contributed by atoms with Crippen LogP contribution in [0.5, 0.6) is 0 Å². The third kappa shape index (κ3) is 4.20. The van der Waals surface area contributed by atoms with Gasteiger partial charge in [0.15, 0.2) is 0 Å². The van der Waals surface area contributed by atoms with Crippen molar-refractivity contribution >= 4 is 17.5 Å². The number of hydrogen-bond donors (Lipinski definition) is 2. The smallest absolute Gasteiger partial charge is 0.253 e. The highest BCUT2D eigenvalue weighted by Crippen LogP contribution is 2.15. The Balaban J connectivity index is 2.85. The van der Waals surface area contributed by atoms with E-state index in [2.05, 4.69) is 10.6 Å². The van der Waals surface area contributed by atoms with Crippen LogP contribution in [0.3, 0.4) is 0 Å². The average Bonchev–Trinajstić information content (AvgIpc) is 2.28. The lowest BCUT2D eigenvalue weighted by Gasteiger charge is -2.12. The standard InChI is InChI=1S/C14H20N2O2/c1-4-7-13(17)16-12-9-6-5-8-11(12)14(18)15-10(2)3/h5-6,8-10H,4,7H2,1-3H3,(H,15,18)(H,16,17). The number of para-hydroxylation sites is 1. The minimum atomic E-state index is -0.169. The molecule has 18 heavy (non-hydrogen) atoms. The predicted molar refractivity (Wildman–Crippen MR) is 72.6 cm³/mol. The normalized spacial score (nSPS) is 10.2. The molecular weight excluding hydrogens is 228 g/mol. The second-order valence-electron chi connectivity index (χ2n) is 4.47. The summed E-state index contributed by atoms with van der Waals surface area (Å²) in [5, 5.41) is 5.58. The Morgan fingerprint density at radius 2 is 1.89 bits per heavy atom. The summed E-state index contributed by atoms with van der Waals surface area (Å²) in [7, 11) is 0. The van der Waals surface area contributed by atoms with Crippen molar-refractivity contribution in [3.05, 3.63) is 29.8 Å². The summed E-state index contributed by atoms with van der Waals surface area (Å²) in [5.41, 5.74) is 1.06. The van der Waals surface area contributed by atoms with Crippen LogP contribution in [0.15, 0.2) is 24.3 Å². The van der Waals surface area contributed by atoms with Crippen LogP contribution in [0.1, 0.15) is 44.0 Å². The van der Waals surface area contributed by atoms with Crippen molar-refractivity contribution in [2.45, 2.75) is 39.7 Å². The zero-order chi connectivity index (χ0) is 13.5. The van der Waals surface area contributed by atoms with Gasteiger partial charge < -0.3 is 10.6 Å². The number of carbonyl (C=O) groups excluding carboxylic acids is 2. The maximum Gasteiger partial charge on any atom is 0.253 e. The van der Waals surface area contributed by atoms with Gasteiger partial charge in [0.2, 0.25) is 5.91 Å². The minimum absolute atomic E-state index is 0.0666. The van der Waals surface area contributed by atoms with Crippen molar-refractivity contribution in [1.82, 2.24) is 5.32 Å². The zero-order valence-corrected chi connectivity index (χ0v) is 11.1. The van der Waals surface area contributed by atoms with Crippen LogP contribution in [0, 0.1) is 0 Å². The highest BCUT2D eigenvalue weighted by molar-refractivity contribution is 6.03.